The molecule has 1 saturated heterocycles. The van der Waals surface area contributed by atoms with Crippen molar-refractivity contribution in [3.05, 3.63) is 54.5 Å². The quantitative estimate of drug-likeness (QED) is 0.679. The molecule has 0 bridgehead atoms. The molecule has 0 aromatic carbocycles. The van der Waals surface area contributed by atoms with E-state index in [4.69, 9.17) is 0 Å². The van der Waals surface area contributed by atoms with Crippen LogP contribution >= 0.6 is 11.3 Å². The number of amides is 1. The van der Waals surface area contributed by atoms with Crippen LogP contribution in [-0.2, 0) is 11.2 Å². The Morgan fingerprint density at radius 2 is 2.08 bits per heavy atom. The first kappa shape index (κ1) is 18.6. The summed E-state index contributed by atoms with van der Waals surface area (Å²) in [6, 6.07) is 4.36. The van der Waals surface area contributed by atoms with Crippen molar-refractivity contribution < 1.29 is 4.79 Å². The summed E-state index contributed by atoms with van der Waals surface area (Å²) in [4.78, 5) is 43.8. The summed E-state index contributed by atoms with van der Waals surface area (Å²) in [6.45, 7) is 4.36. The number of nitrogens with zero attached hydrogens (tertiary/aromatic N) is 1. The zero-order chi connectivity index (χ0) is 18.5. The van der Waals surface area contributed by atoms with Gasteiger partial charge in [0, 0.05) is 29.1 Å². The number of aromatic nitrogens is 2. The largest absolute Gasteiger partial charge is 0.354 e. The highest BCUT2D eigenvalue weighted by Gasteiger charge is 2.24. The van der Waals surface area contributed by atoms with E-state index in [0.717, 1.165) is 13.1 Å². The van der Waals surface area contributed by atoms with Gasteiger partial charge in [-0.05, 0) is 50.7 Å². The molecule has 1 unspecified atom stereocenters. The summed E-state index contributed by atoms with van der Waals surface area (Å²) in [5, 5.41) is 5.07. The van der Waals surface area contributed by atoms with Crippen LogP contribution in [-0.4, -0.2) is 40.4 Å². The number of aryl methyl sites for hydroxylation is 1. The summed E-state index contributed by atoms with van der Waals surface area (Å²) >= 11 is 1.71. The van der Waals surface area contributed by atoms with Gasteiger partial charge in [-0.15, -0.1) is 11.3 Å². The van der Waals surface area contributed by atoms with Gasteiger partial charge in [0.2, 0.25) is 5.91 Å². The lowest BCUT2D eigenvalue weighted by Gasteiger charge is -2.26. The van der Waals surface area contributed by atoms with E-state index in [2.05, 4.69) is 31.6 Å². The fourth-order valence-corrected chi connectivity index (χ4v) is 4.27. The number of hydrogen-bond donors (Lipinski definition) is 3. The third kappa shape index (κ3) is 4.50. The molecule has 8 heteroatoms. The molecule has 0 aliphatic carbocycles. The standard InChI is InChI=1S/C18H24N4O3S/c1-12-13(17(24)21-18(25)20-12)6-7-16(23)19-11-14(15-5-4-10-26-15)22-8-2-3-9-22/h4-5,10,14H,2-3,6-9,11H2,1H3,(H,19,23)(H2,20,21,24,25). The van der Waals surface area contributed by atoms with Gasteiger partial charge in [-0.25, -0.2) is 4.79 Å². The van der Waals surface area contributed by atoms with Crippen molar-refractivity contribution in [1.82, 2.24) is 20.2 Å². The highest BCUT2D eigenvalue weighted by atomic mass is 32.1. The monoisotopic (exact) mass is 376 g/mol. The minimum Gasteiger partial charge on any atom is -0.354 e. The van der Waals surface area contributed by atoms with Crippen LogP contribution in [0, 0.1) is 6.92 Å². The maximum Gasteiger partial charge on any atom is 0.325 e. The van der Waals surface area contributed by atoms with Crippen molar-refractivity contribution >= 4 is 17.2 Å². The van der Waals surface area contributed by atoms with Gasteiger partial charge in [0.05, 0.1) is 6.04 Å². The lowest BCUT2D eigenvalue weighted by atomic mass is 10.1. The minimum atomic E-state index is -0.523. The van der Waals surface area contributed by atoms with Gasteiger partial charge in [-0.2, -0.15) is 0 Å². The fraction of sp³-hybridized carbons (Fsp3) is 0.500. The number of H-pyrrole nitrogens is 2. The van der Waals surface area contributed by atoms with Gasteiger partial charge >= 0.3 is 5.69 Å². The second kappa shape index (κ2) is 8.46. The average Bonchev–Trinajstić information content (AvgIpc) is 3.28. The van der Waals surface area contributed by atoms with Crippen molar-refractivity contribution in [3.63, 3.8) is 0 Å². The second-order valence-corrected chi connectivity index (χ2v) is 7.57. The first-order valence-electron chi connectivity index (χ1n) is 8.91. The van der Waals surface area contributed by atoms with Crippen molar-refractivity contribution in [1.29, 1.82) is 0 Å². The number of carbonyl (C=O) groups is 1. The molecule has 1 atom stereocenters. The molecule has 0 radical (unpaired) electrons. The Labute approximate surface area is 155 Å². The van der Waals surface area contributed by atoms with Crippen molar-refractivity contribution in [2.45, 2.75) is 38.6 Å². The predicted octanol–water partition coefficient (Wildman–Crippen LogP) is 1.32. The Morgan fingerprint density at radius 1 is 1.31 bits per heavy atom. The summed E-state index contributed by atoms with van der Waals surface area (Å²) in [6.07, 6.45) is 2.92. The Bertz CT molecular complexity index is 850. The third-order valence-corrected chi connectivity index (χ3v) is 5.78. The Morgan fingerprint density at radius 3 is 2.73 bits per heavy atom. The van der Waals surface area contributed by atoms with Crippen LogP contribution in [0.25, 0.3) is 0 Å². The Balaban J connectivity index is 1.57. The Hall–Kier alpha value is -2.19. The third-order valence-electron chi connectivity index (χ3n) is 4.80. The Kier molecular flexibility index (Phi) is 6.05. The second-order valence-electron chi connectivity index (χ2n) is 6.59. The summed E-state index contributed by atoms with van der Waals surface area (Å²) in [5.74, 6) is -0.0873. The molecule has 3 N–H and O–H groups in total. The molecule has 26 heavy (non-hydrogen) atoms. The van der Waals surface area contributed by atoms with Gasteiger partial charge in [-0.1, -0.05) is 6.07 Å². The SMILES string of the molecule is Cc1[nH]c(=O)[nH]c(=O)c1CCC(=O)NCC(c1cccs1)N1CCCC1. The van der Waals surface area contributed by atoms with Crippen LogP contribution in [0.4, 0.5) is 0 Å². The molecule has 1 aliphatic rings. The number of likely N-dealkylation sites (tertiary alicyclic amines) is 1. The van der Waals surface area contributed by atoms with E-state index < -0.39 is 11.2 Å². The maximum absolute atomic E-state index is 12.3. The van der Waals surface area contributed by atoms with E-state index in [1.807, 2.05) is 6.07 Å². The minimum absolute atomic E-state index is 0.0873. The average molecular weight is 376 g/mol. The van der Waals surface area contributed by atoms with Gasteiger partial charge in [0.15, 0.2) is 0 Å². The zero-order valence-electron chi connectivity index (χ0n) is 14.8. The van der Waals surface area contributed by atoms with Crippen molar-refractivity contribution in [2.75, 3.05) is 19.6 Å². The van der Waals surface area contributed by atoms with E-state index in [-0.39, 0.29) is 18.4 Å². The first-order valence-corrected chi connectivity index (χ1v) is 9.79. The highest BCUT2D eigenvalue weighted by molar-refractivity contribution is 7.10. The molecular weight excluding hydrogens is 352 g/mol. The van der Waals surface area contributed by atoms with Crippen molar-refractivity contribution in [3.8, 4) is 0 Å². The van der Waals surface area contributed by atoms with E-state index in [1.165, 1.54) is 17.7 Å². The maximum atomic E-state index is 12.3. The van der Waals surface area contributed by atoms with Crippen LogP contribution < -0.4 is 16.6 Å². The van der Waals surface area contributed by atoms with E-state index in [9.17, 15) is 14.4 Å². The molecule has 3 rings (SSSR count). The molecule has 140 valence electrons. The van der Waals surface area contributed by atoms with Crippen LogP contribution in [0.3, 0.4) is 0 Å². The predicted molar refractivity (Wildman–Crippen MR) is 102 cm³/mol. The molecule has 2 aromatic rings. The summed E-state index contributed by atoms with van der Waals surface area (Å²) < 4.78 is 0. The highest BCUT2D eigenvalue weighted by Crippen LogP contribution is 2.27. The molecule has 0 saturated carbocycles. The molecule has 1 aliphatic heterocycles. The molecule has 3 heterocycles. The number of rotatable bonds is 7. The van der Waals surface area contributed by atoms with Gasteiger partial charge < -0.3 is 10.3 Å². The summed E-state index contributed by atoms with van der Waals surface area (Å²) in [7, 11) is 0. The smallest absolute Gasteiger partial charge is 0.325 e. The number of thiophene rings is 1. The van der Waals surface area contributed by atoms with Gasteiger partial charge in [0.1, 0.15) is 0 Å². The van der Waals surface area contributed by atoms with Crippen LogP contribution in [0.1, 0.15) is 41.4 Å². The number of aromatic amines is 2. The van der Waals surface area contributed by atoms with Crippen LogP contribution in [0.15, 0.2) is 27.1 Å². The topological polar surface area (TPSA) is 98.1 Å². The van der Waals surface area contributed by atoms with Gasteiger partial charge in [-0.3, -0.25) is 19.5 Å². The normalized spacial score (nSPS) is 15.9. The summed E-state index contributed by atoms with van der Waals surface area (Å²) in [5.41, 5.74) is 0.0202. The van der Waals surface area contributed by atoms with Crippen LogP contribution in [0.5, 0.6) is 0 Å². The lowest BCUT2D eigenvalue weighted by Crippen LogP contribution is -2.36. The van der Waals surface area contributed by atoms with Crippen molar-refractivity contribution in [2.24, 2.45) is 0 Å². The molecule has 2 aromatic heterocycles. The van der Waals surface area contributed by atoms with Crippen LogP contribution in [0.2, 0.25) is 0 Å². The number of carbonyl (C=O) groups excluding carboxylic acids is 1. The molecule has 7 nitrogen and oxygen atoms in total. The van der Waals surface area contributed by atoms with E-state index >= 15 is 0 Å². The van der Waals surface area contributed by atoms with E-state index in [1.54, 1.807) is 18.3 Å². The van der Waals surface area contributed by atoms with Gasteiger partial charge in [0.25, 0.3) is 5.56 Å². The number of hydrogen-bond acceptors (Lipinski definition) is 5. The molecule has 1 amide bonds. The first-order chi connectivity index (χ1) is 12.5. The lowest BCUT2D eigenvalue weighted by molar-refractivity contribution is -0.121. The van der Waals surface area contributed by atoms with E-state index in [0.29, 0.717) is 24.2 Å². The number of nitrogens with one attached hydrogen (secondary N) is 3. The fourth-order valence-electron chi connectivity index (χ4n) is 3.41. The molecule has 0 spiro atoms. The molecule has 1 fully saturated rings. The molecular formula is C18H24N4O3S. The zero-order valence-corrected chi connectivity index (χ0v) is 15.7.